The lowest BCUT2D eigenvalue weighted by atomic mass is 10.1. The SMILES string of the molecule is Cc1cc(Br)ccc1NC(=O)CN(C)C(=O)COc1ccc2ccccc2c1. The third kappa shape index (κ3) is 5.10. The average Bonchev–Trinajstić information content (AvgIpc) is 2.68. The summed E-state index contributed by atoms with van der Waals surface area (Å²) < 4.78 is 6.55. The number of ether oxygens (including phenoxy) is 1. The Balaban J connectivity index is 1.52. The lowest BCUT2D eigenvalue weighted by Crippen LogP contribution is -2.37. The first-order valence-corrected chi connectivity index (χ1v) is 9.63. The monoisotopic (exact) mass is 440 g/mol. The van der Waals surface area contributed by atoms with Gasteiger partial charge in [-0.25, -0.2) is 0 Å². The summed E-state index contributed by atoms with van der Waals surface area (Å²) in [5, 5.41) is 4.98. The fraction of sp³-hybridized carbons (Fsp3) is 0.182. The Kier molecular flexibility index (Phi) is 6.31. The van der Waals surface area contributed by atoms with Crippen LogP contribution in [0.2, 0.25) is 0 Å². The van der Waals surface area contributed by atoms with Crippen LogP contribution in [0, 0.1) is 6.92 Å². The van der Waals surface area contributed by atoms with E-state index < -0.39 is 0 Å². The van der Waals surface area contributed by atoms with E-state index in [1.165, 1.54) is 4.90 Å². The lowest BCUT2D eigenvalue weighted by molar-refractivity contribution is -0.135. The molecule has 144 valence electrons. The number of nitrogens with zero attached hydrogens (tertiary/aromatic N) is 1. The van der Waals surface area contributed by atoms with Crippen LogP contribution >= 0.6 is 15.9 Å². The second-order valence-corrected chi connectivity index (χ2v) is 7.47. The summed E-state index contributed by atoms with van der Waals surface area (Å²) in [4.78, 5) is 25.9. The molecule has 0 fully saturated rings. The number of carbonyl (C=O) groups is 2. The molecule has 0 aromatic heterocycles. The number of anilines is 1. The summed E-state index contributed by atoms with van der Waals surface area (Å²) in [6, 6.07) is 19.2. The quantitative estimate of drug-likeness (QED) is 0.618. The highest BCUT2D eigenvalue weighted by Crippen LogP contribution is 2.21. The van der Waals surface area contributed by atoms with Crippen molar-refractivity contribution in [3.63, 3.8) is 0 Å². The molecule has 1 N–H and O–H groups in total. The van der Waals surface area contributed by atoms with Crippen molar-refractivity contribution in [2.75, 3.05) is 25.5 Å². The van der Waals surface area contributed by atoms with Crippen molar-refractivity contribution in [1.82, 2.24) is 4.90 Å². The topological polar surface area (TPSA) is 58.6 Å². The molecule has 0 aliphatic rings. The predicted octanol–water partition coefficient (Wildman–Crippen LogP) is 4.39. The molecule has 0 saturated carbocycles. The van der Waals surface area contributed by atoms with E-state index >= 15 is 0 Å². The van der Waals surface area contributed by atoms with E-state index in [9.17, 15) is 9.59 Å². The van der Waals surface area contributed by atoms with E-state index in [2.05, 4.69) is 21.2 Å². The minimum atomic E-state index is -0.268. The summed E-state index contributed by atoms with van der Waals surface area (Å²) >= 11 is 3.39. The molecule has 2 amide bonds. The molecule has 0 bridgehead atoms. The minimum Gasteiger partial charge on any atom is -0.484 e. The highest BCUT2D eigenvalue weighted by atomic mass is 79.9. The van der Waals surface area contributed by atoms with Gasteiger partial charge in [0.2, 0.25) is 5.91 Å². The third-order valence-corrected chi connectivity index (χ3v) is 4.85. The Labute approximate surface area is 172 Å². The Morgan fingerprint density at radius 2 is 1.79 bits per heavy atom. The molecule has 3 aromatic rings. The van der Waals surface area contributed by atoms with Crippen molar-refractivity contribution in [1.29, 1.82) is 0 Å². The lowest BCUT2D eigenvalue weighted by Gasteiger charge is -2.18. The number of hydrogen-bond donors (Lipinski definition) is 1. The molecule has 0 aliphatic carbocycles. The molecule has 6 heteroatoms. The van der Waals surface area contributed by atoms with Gasteiger partial charge in [-0.2, -0.15) is 0 Å². The second kappa shape index (κ2) is 8.89. The Bertz CT molecular complexity index is 1020. The molecule has 0 radical (unpaired) electrons. The van der Waals surface area contributed by atoms with E-state index in [1.807, 2.05) is 67.6 Å². The maximum absolute atomic E-state index is 12.3. The van der Waals surface area contributed by atoms with Crippen molar-refractivity contribution >= 4 is 44.2 Å². The van der Waals surface area contributed by atoms with Crippen molar-refractivity contribution in [2.24, 2.45) is 0 Å². The van der Waals surface area contributed by atoms with Gasteiger partial charge in [0, 0.05) is 17.2 Å². The Hall–Kier alpha value is -2.86. The first-order chi connectivity index (χ1) is 13.4. The van der Waals surface area contributed by atoms with Gasteiger partial charge in [-0.05, 0) is 53.6 Å². The summed E-state index contributed by atoms with van der Waals surface area (Å²) in [5.74, 6) is 0.0956. The molecule has 3 aromatic carbocycles. The maximum Gasteiger partial charge on any atom is 0.260 e. The van der Waals surface area contributed by atoms with E-state index in [-0.39, 0.29) is 25.0 Å². The zero-order valence-electron chi connectivity index (χ0n) is 15.7. The zero-order chi connectivity index (χ0) is 20.1. The normalized spacial score (nSPS) is 10.5. The molecule has 0 aliphatic heterocycles. The summed E-state index contributed by atoms with van der Waals surface area (Å²) in [5.41, 5.74) is 1.66. The maximum atomic E-state index is 12.3. The highest BCUT2D eigenvalue weighted by Gasteiger charge is 2.14. The van der Waals surface area contributed by atoms with Gasteiger partial charge < -0.3 is 15.0 Å². The zero-order valence-corrected chi connectivity index (χ0v) is 17.3. The molecule has 3 rings (SSSR count). The first-order valence-electron chi connectivity index (χ1n) is 8.84. The van der Waals surface area contributed by atoms with Crippen LogP contribution in [0.5, 0.6) is 5.75 Å². The van der Waals surface area contributed by atoms with Gasteiger partial charge in [-0.3, -0.25) is 9.59 Å². The smallest absolute Gasteiger partial charge is 0.260 e. The largest absolute Gasteiger partial charge is 0.484 e. The number of carbonyl (C=O) groups excluding carboxylic acids is 2. The van der Waals surface area contributed by atoms with Crippen LogP contribution in [0.4, 0.5) is 5.69 Å². The van der Waals surface area contributed by atoms with Crippen LogP contribution in [0.15, 0.2) is 65.1 Å². The van der Waals surface area contributed by atoms with Crippen LogP contribution in [-0.2, 0) is 9.59 Å². The van der Waals surface area contributed by atoms with Crippen LogP contribution in [-0.4, -0.2) is 36.9 Å². The molecule has 0 unspecified atom stereocenters. The molecule has 0 atom stereocenters. The molecule has 0 heterocycles. The van der Waals surface area contributed by atoms with Gasteiger partial charge in [0.1, 0.15) is 5.75 Å². The van der Waals surface area contributed by atoms with Crippen LogP contribution in [0.25, 0.3) is 10.8 Å². The number of fused-ring (bicyclic) bond motifs is 1. The minimum absolute atomic E-state index is 0.0462. The predicted molar refractivity (Wildman–Crippen MR) is 115 cm³/mol. The average molecular weight is 441 g/mol. The van der Waals surface area contributed by atoms with Gasteiger partial charge in [0.05, 0.1) is 6.54 Å². The fourth-order valence-corrected chi connectivity index (χ4v) is 3.25. The van der Waals surface area contributed by atoms with Crippen molar-refractivity contribution in [3.05, 3.63) is 70.7 Å². The van der Waals surface area contributed by atoms with E-state index in [1.54, 1.807) is 7.05 Å². The molecule has 0 saturated heterocycles. The number of rotatable bonds is 6. The van der Waals surface area contributed by atoms with Gasteiger partial charge >= 0.3 is 0 Å². The summed E-state index contributed by atoms with van der Waals surface area (Å²) in [6.07, 6.45) is 0. The number of benzene rings is 3. The van der Waals surface area contributed by atoms with Crippen molar-refractivity contribution in [3.8, 4) is 5.75 Å². The molecular formula is C22H21BrN2O3. The number of nitrogens with one attached hydrogen (secondary N) is 1. The van der Waals surface area contributed by atoms with E-state index in [0.29, 0.717) is 5.75 Å². The molecule has 0 spiro atoms. The number of likely N-dealkylation sites (N-methyl/N-ethyl adjacent to an activating group) is 1. The standard InChI is InChI=1S/C22H21BrN2O3/c1-15-11-18(23)8-10-20(15)24-21(26)13-25(2)22(27)14-28-19-9-7-16-5-3-4-6-17(16)12-19/h3-12H,13-14H2,1-2H3,(H,24,26). The van der Waals surface area contributed by atoms with Gasteiger partial charge in [-0.1, -0.05) is 46.3 Å². The van der Waals surface area contributed by atoms with Gasteiger partial charge in [0.25, 0.3) is 5.91 Å². The fourth-order valence-electron chi connectivity index (χ4n) is 2.77. The molecule has 28 heavy (non-hydrogen) atoms. The van der Waals surface area contributed by atoms with E-state index in [4.69, 9.17) is 4.74 Å². The number of aryl methyl sites for hydroxylation is 1. The summed E-state index contributed by atoms with van der Waals surface area (Å²) in [7, 11) is 1.58. The van der Waals surface area contributed by atoms with E-state index in [0.717, 1.165) is 26.5 Å². The Morgan fingerprint density at radius 3 is 2.54 bits per heavy atom. The number of hydrogen-bond acceptors (Lipinski definition) is 3. The molecule has 5 nitrogen and oxygen atoms in total. The first kappa shape index (κ1) is 19.9. The van der Waals surface area contributed by atoms with Gasteiger partial charge in [0.15, 0.2) is 6.61 Å². The van der Waals surface area contributed by atoms with Crippen LogP contribution < -0.4 is 10.1 Å². The van der Waals surface area contributed by atoms with Crippen molar-refractivity contribution in [2.45, 2.75) is 6.92 Å². The molecular weight excluding hydrogens is 420 g/mol. The Morgan fingerprint density at radius 1 is 1.04 bits per heavy atom. The summed E-state index contributed by atoms with van der Waals surface area (Å²) in [6.45, 7) is 1.74. The highest BCUT2D eigenvalue weighted by molar-refractivity contribution is 9.10. The van der Waals surface area contributed by atoms with Crippen LogP contribution in [0.1, 0.15) is 5.56 Å². The van der Waals surface area contributed by atoms with Crippen molar-refractivity contribution < 1.29 is 14.3 Å². The third-order valence-electron chi connectivity index (χ3n) is 4.35. The van der Waals surface area contributed by atoms with Gasteiger partial charge in [-0.15, -0.1) is 0 Å². The second-order valence-electron chi connectivity index (χ2n) is 6.55. The number of halogens is 1. The number of amides is 2. The van der Waals surface area contributed by atoms with Crippen LogP contribution in [0.3, 0.4) is 0 Å².